The highest BCUT2D eigenvalue weighted by Crippen LogP contribution is 2.50. The van der Waals surface area contributed by atoms with Crippen LogP contribution in [0.15, 0.2) is 84.2 Å². The van der Waals surface area contributed by atoms with Crippen LogP contribution in [0.5, 0.6) is 5.75 Å². The molecule has 370 valence electrons. The van der Waals surface area contributed by atoms with Crippen molar-refractivity contribution in [3.8, 4) is 5.75 Å². The maximum absolute atomic E-state index is 14.5. The number of likely N-dealkylation sites (tertiary alicyclic amines) is 1. The van der Waals surface area contributed by atoms with Gasteiger partial charge in [0, 0.05) is 52.6 Å². The van der Waals surface area contributed by atoms with E-state index in [1.807, 2.05) is 55.5 Å². The number of carbonyl (C=O) groups excluding carboxylic acids is 5. The summed E-state index contributed by atoms with van der Waals surface area (Å²) in [6.07, 6.45) is 17.7. The van der Waals surface area contributed by atoms with Crippen LogP contribution in [0.2, 0.25) is 5.02 Å². The molecule has 0 spiro atoms. The van der Waals surface area contributed by atoms with Gasteiger partial charge in [-0.2, -0.15) is 0 Å². The molecular weight excluding hydrogens is 894 g/mol. The zero-order valence-electron chi connectivity index (χ0n) is 40.5. The topological polar surface area (TPSA) is 186 Å². The number of alkyl carbamates (subject to hydrolysis) is 1. The summed E-state index contributed by atoms with van der Waals surface area (Å²) in [4.78, 5) is 73.0. The monoisotopic (exact) mass is 961 g/mol. The van der Waals surface area contributed by atoms with E-state index in [0.29, 0.717) is 30.7 Å². The van der Waals surface area contributed by atoms with Gasteiger partial charge >= 0.3 is 12.1 Å². The second kappa shape index (κ2) is 22.4. The van der Waals surface area contributed by atoms with E-state index in [1.54, 1.807) is 52.2 Å². The van der Waals surface area contributed by atoms with Gasteiger partial charge < -0.3 is 48.8 Å². The van der Waals surface area contributed by atoms with E-state index in [-0.39, 0.29) is 42.0 Å². The van der Waals surface area contributed by atoms with Crippen LogP contribution in [0.1, 0.15) is 84.6 Å². The number of anilines is 1. The Morgan fingerprint density at radius 2 is 1.74 bits per heavy atom. The molecule has 17 heteroatoms. The van der Waals surface area contributed by atoms with E-state index < -0.39 is 59.3 Å². The van der Waals surface area contributed by atoms with Crippen LogP contribution in [-0.2, 0) is 44.5 Å². The van der Waals surface area contributed by atoms with Gasteiger partial charge in [0.05, 0.1) is 19.2 Å². The number of carbonyl (C=O) groups is 5. The van der Waals surface area contributed by atoms with Crippen LogP contribution in [0.3, 0.4) is 0 Å². The second-order valence-electron chi connectivity index (χ2n) is 19.0. The molecule has 0 aromatic heterocycles. The maximum Gasteiger partial charge on any atom is 0.409 e. The van der Waals surface area contributed by atoms with Crippen LogP contribution in [-0.4, -0.2) is 134 Å². The highest BCUT2D eigenvalue weighted by molar-refractivity contribution is 6.35. The van der Waals surface area contributed by atoms with Gasteiger partial charge in [0.25, 0.3) is 0 Å². The zero-order valence-corrected chi connectivity index (χ0v) is 41.3. The maximum atomic E-state index is 14.5. The molecule has 3 N–H and O–H groups in total. The van der Waals surface area contributed by atoms with Crippen molar-refractivity contribution < 1.29 is 52.8 Å². The molecule has 68 heavy (non-hydrogen) atoms. The van der Waals surface area contributed by atoms with Crippen molar-refractivity contribution in [2.45, 2.75) is 127 Å². The minimum Gasteiger partial charge on any atom is -0.495 e. The molecule has 1 aliphatic carbocycles. The molecule has 5 aliphatic heterocycles. The summed E-state index contributed by atoms with van der Waals surface area (Å²) >= 11 is 6.85. The van der Waals surface area contributed by atoms with Gasteiger partial charge in [-0.15, -0.1) is 0 Å². The van der Waals surface area contributed by atoms with Crippen molar-refractivity contribution in [3.05, 3.63) is 94.7 Å². The fourth-order valence-corrected chi connectivity index (χ4v) is 10.1. The van der Waals surface area contributed by atoms with Gasteiger partial charge in [-0.05, 0) is 109 Å². The Balaban J connectivity index is 1.19. The number of nitrogens with zero attached hydrogens (tertiary/aromatic N) is 3. The first-order valence-corrected chi connectivity index (χ1v) is 23.8. The number of allylic oxidation sites excluding steroid dienone is 10. The van der Waals surface area contributed by atoms with Gasteiger partial charge in [0.1, 0.15) is 46.3 Å². The Labute approximate surface area is 405 Å². The largest absolute Gasteiger partial charge is 0.495 e. The van der Waals surface area contributed by atoms with Crippen molar-refractivity contribution in [1.29, 1.82) is 0 Å². The number of rotatable bonds is 12. The molecule has 1 unspecified atom stereocenters. The zero-order chi connectivity index (χ0) is 49.4. The number of benzene rings is 1. The molecule has 0 saturated carbocycles. The highest BCUT2D eigenvalue weighted by atomic mass is 35.5. The summed E-state index contributed by atoms with van der Waals surface area (Å²) in [5, 5.41) is 17.7. The van der Waals surface area contributed by atoms with Crippen molar-refractivity contribution in [3.63, 3.8) is 0 Å². The second-order valence-corrected chi connectivity index (χ2v) is 19.4. The average molecular weight is 963 g/mol. The lowest BCUT2D eigenvalue weighted by Crippen LogP contribution is -2.72. The lowest BCUT2D eigenvalue weighted by molar-refractivity contribution is -0.328. The quantitative estimate of drug-likeness (QED) is 0.159. The van der Waals surface area contributed by atoms with Crippen molar-refractivity contribution in [2.75, 3.05) is 52.8 Å². The standard InChI is InChI=1S/C51H68ClN5O11/c1-33-17-16-21-41(65-8)51(63)31-43(67-48(62)54-51)50(4)32-49(3,68-50)42(30-44(59)56(6)39-28-35(27-33)29-40(64-7)45(39)52)66-47(61)38(55(5)34(2)58)20-14-15-24-57-25-22-36(23-26-57)46(60)53-37-18-12-10-9-11-13-19-37/h9-13,16-19,21,28-29,36,38,41-43,63H,14-15,20,22-27,30-32H2,1-8H3,(H,53,60)(H,54,62)/b10-9-,11-9?,12-10?,13-11-,18-12?,19-13?,21-16+,33-17+,37-18?,37-19?/t38-,41+,42-,43-,49+,50?,51-/m0/s1. The number of fused-ring (bicyclic) bond motifs is 6. The van der Waals surface area contributed by atoms with E-state index in [2.05, 4.69) is 15.5 Å². The summed E-state index contributed by atoms with van der Waals surface area (Å²) in [5.41, 5.74) is -1.51. The van der Waals surface area contributed by atoms with Gasteiger partial charge in [0.2, 0.25) is 17.7 Å². The van der Waals surface area contributed by atoms with E-state index >= 15 is 0 Å². The summed E-state index contributed by atoms with van der Waals surface area (Å²) in [7, 11) is 6.06. The van der Waals surface area contributed by atoms with Crippen LogP contribution in [0.25, 0.3) is 0 Å². The van der Waals surface area contributed by atoms with Crippen LogP contribution in [0, 0.1) is 5.92 Å². The summed E-state index contributed by atoms with van der Waals surface area (Å²) in [5.74, 6) is -1.20. The van der Waals surface area contributed by atoms with Gasteiger partial charge in [-0.3, -0.25) is 19.7 Å². The Morgan fingerprint density at radius 3 is 2.43 bits per heavy atom. The molecule has 0 radical (unpaired) electrons. The highest BCUT2D eigenvalue weighted by Gasteiger charge is 2.63. The fraction of sp³-hybridized carbons (Fsp3) is 0.549. The van der Waals surface area contributed by atoms with Gasteiger partial charge in [-0.1, -0.05) is 65.8 Å². The summed E-state index contributed by atoms with van der Waals surface area (Å²) in [6, 6.07) is 2.62. The third kappa shape index (κ3) is 12.5. The third-order valence-electron chi connectivity index (χ3n) is 13.8. The number of nitrogens with one attached hydrogen (secondary N) is 2. The third-order valence-corrected chi connectivity index (χ3v) is 14.2. The lowest BCUT2D eigenvalue weighted by Gasteiger charge is -2.59. The van der Waals surface area contributed by atoms with Crippen LogP contribution < -0.4 is 20.3 Å². The number of hydrogen-bond donors (Lipinski definition) is 3. The Hall–Kier alpha value is -5.26. The number of ether oxygens (including phenoxy) is 5. The molecule has 3 fully saturated rings. The first kappa shape index (κ1) is 52.1. The Kier molecular flexibility index (Phi) is 17.2. The van der Waals surface area contributed by atoms with Gasteiger partial charge in [-0.25, -0.2) is 9.59 Å². The molecule has 5 heterocycles. The number of piperidine rings is 1. The number of halogens is 1. The molecule has 6 aliphatic rings. The normalized spacial score (nSPS) is 30.6. The number of methoxy groups -OCH3 is 2. The molecule has 1 aromatic rings. The minimum atomic E-state index is -1.88. The molecule has 1 aromatic carbocycles. The first-order valence-electron chi connectivity index (χ1n) is 23.4. The number of amides is 4. The number of likely N-dealkylation sites (N-methyl/N-ethyl adjacent to an activating group) is 1. The molecule has 6 bridgehead atoms. The van der Waals surface area contributed by atoms with Crippen molar-refractivity contribution >= 4 is 47.1 Å². The Bertz CT molecular complexity index is 2240. The molecule has 7 atom stereocenters. The number of unbranched alkanes of at least 4 members (excludes halogenated alkanes) is 1. The van der Waals surface area contributed by atoms with Crippen LogP contribution >= 0.6 is 11.6 Å². The molecule has 16 nitrogen and oxygen atoms in total. The van der Waals surface area contributed by atoms with E-state index in [9.17, 15) is 29.1 Å². The van der Waals surface area contributed by atoms with Crippen molar-refractivity contribution in [1.82, 2.24) is 20.4 Å². The molecule has 3 saturated heterocycles. The Morgan fingerprint density at radius 1 is 1.03 bits per heavy atom. The van der Waals surface area contributed by atoms with Crippen LogP contribution in [0.4, 0.5) is 10.5 Å². The average Bonchev–Trinajstić information content (AvgIpc) is 3.27. The van der Waals surface area contributed by atoms with Crippen molar-refractivity contribution in [2.24, 2.45) is 5.92 Å². The minimum absolute atomic E-state index is 0.0106. The number of hydrogen-bond acceptors (Lipinski definition) is 12. The van der Waals surface area contributed by atoms with E-state index in [0.717, 1.165) is 55.7 Å². The predicted molar refractivity (Wildman–Crippen MR) is 258 cm³/mol. The summed E-state index contributed by atoms with van der Waals surface area (Å²) in [6.45, 7) is 9.04. The van der Waals surface area contributed by atoms with E-state index in [1.165, 1.54) is 30.9 Å². The van der Waals surface area contributed by atoms with Gasteiger partial charge in [0.15, 0.2) is 5.72 Å². The molecule has 4 amide bonds. The molecule has 7 rings (SSSR count). The smallest absolute Gasteiger partial charge is 0.409 e. The SMILES string of the molecule is COc1cc2cc(c1Cl)N(C)C(=O)C[C@H](OC(=O)[C@H](CCCCN1CCC(C(=O)NC3=C/C=C\C=C/C=C3)CC1)N(C)C(C)=O)[C@@]1(C)CC(C)(O1)[C@@H]1C[C@@](O)(NC(=O)O1)[C@H](OC)/C=C/C=C(\C)C2. The first-order chi connectivity index (χ1) is 32.3. The number of esters is 1. The lowest BCUT2D eigenvalue weighted by atomic mass is 9.72. The fourth-order valence-electron chi connectivity index (χ4n) is 9.79. The van der Waals surface area contributed by atoms with E-state index in [4.69, 9.17) is 35.3 Å². The molecular formula is C51H68ClN5O11. The number of aliphatic hydroxyl groups is 1. The summed E-state index contributed by atoms with van der Waals surface area (Å²) < 4.78 is 30.1. The predicted octanol–water partition coefficient (Wildman–Crippen LogP) is 6.22.